The second-order valence-corrected chi connectivity index (χ2v) is 6.09. The Morgan fingerprint density at radius 1 is 1.28 bits per heavy atom. The van der Waals surface area contributed by atoms with E-state index in [0.717, 1.165) is 0 Å². The summed E-state index contributed by atoms with van der Waals surface area (Å²) >= 11 is 0. The third-order valence-corrected chi connectivity index (χ3v) is 4.47. The molecule has 0 saturated carbocycles. The molecule has 2 rings (SSSR count). The highest BCUT2D eigenvalue weighted by molar-refractivity contribution is 5.26. The van der Waals surface area contributed by atoms with Crippen molar-refractivity contribution in [1.82, 2.24) is 4.90 Å². The first-order valence-electron chi connectivity index (χ1n) is 7.33. The number of hydrogen-bond donors (Lipinski definition) is 0. The van der Waals surface area contributed by atoms with Gasteiger partial charge in [0.05, 0.1) is 6.04 Å². The third-order valence-electron chi connectivity index (χ3n) is 4.47. The molecule has 1 aliphatic carbocycles. The molecule has 1 heteroatoms. The molecule has 0 amide bonds. The molecule has 1 nitrogen and oxygen atoms in total. The van der Waals surface area contributed by atoms with E-state index in [1.807, 2.05) is 0 Å². The van der Waals surface area contributed by atoms with Gasteiger partial charge in [-0.15, -0.1) is 0 Å². The van der Waals surface area contributed by atoms with Crippen molar-refractivity contribution in [2.45, 2.75) is 52.0 Å². The summed E-state index contributed by atoms with van der Waals surface area (Å²) in [7, 11) is 0. The fourth-order valence-corrected chi connectivity index (χ4v) is 3.41. The molecule has 0 aromatic rings. The van der Waals surface area contributed by atoms with E-state index in [9.17, 15) is 0 Å². The van der Waals surface area contributed by atoms with Crippen LogP contribution in [-0.2, 0) is 0 Å². The molecule has 2 aliphatic rings. The maximum atomic E-state index is 4.23. The van der Waals surface area contributed by atoms with Gasteiger partial charge in [-0.05, 0) is 65.0 Å². The van der Waals surface area contributed by atoms with Gasteiger partial charge in [-0.1, -0.05) is 36.0 Å². The van der Waals surface area contributed by atoms with Gasteiger partial charge in [0, 0.05) is 0 Å². The zero-order valence-corrected chi connectivity index (χ0v) is 12.0. The lowest BCUT2D eigenvalue weighted by Gasteiger charge is -2.33. The van der Waals surface area contributed by atoms with Crippen molar-refractivity contribution in [3.05, 3.63) is 36.0 Å². The average Bonchev–Trinajstić information content (AvgIpc) is 2.83. The maximum absolute atomic E-state index is 4.23. The van der Waals surface area contributed by atoms with Crippen molar-refractivity contribution in [3.8, 4) is 0 Å². The van der Waals surface area contributed by atoms with Crippen LogP contribution in [0.3, 0.4) is 0 Å². The predicted octanol–water partition coefficient (Wildman–Crippen LogP) is 4.33. The molecule has 1 fully saturated rings. The number of nitrogens with zero attached hydrogens (tertiary/aromatic N) is 1. The van der Waals surface area contributed by atoms with Crippen molar-refractivity contribution in [2.75, 3.05) is 13.1 Å². The number of rotatable bonds is 4. The third kappa shape index (κ3) is 2.95. The van der Waals surface area contributed by atoms with Crippen molar-refractivity contribution in [1.29, 1.82) is 0 Å². The molecule has 0 bridgehead atoms. The molecule has 0 N–H and O–H groups in total. The Bertz CT molecular complexity index is 358. The first-order chi connectivity index (χ1) is 8.59. The lowest BCUT2D eigenvalue weighted by atomic mass is 9.82. The smallest absolute Gasteiger partial charge is 0.0515 e. The monoisotopic (exact) mass is 245 g/mol. The van der Waals surface area contributed by atoms with Crippen LogP contribution >= 0.6 is 0 Å². The normalized spacial score (nSPS) is 26.8. The molecular formula is C17H27N. The minimum atomic E-state index is 0.513. The van der Waals surface area contributed by atoms with Crippen molar-refractivity contribution in [2.24, 2.45) is 5.92 Å². The van der Waals surface area contributed by atoms with E-state index < -0.39 is 0 Å². The van der Waals surface area contributed by atoms with Crippen molar-refractivity contribution in [3.63, 3.8) is 0 Å². The van der Waals surface area contributed by atoms with Gasteiger partial charge in [-0.25, -0.2) is 0 Å². The van der Waals surface area contributed by atoms with Crippen LogP contribution in [0.1, 0.15) is 46.0 Å². The Morgan fingerprint density at radius 3 is 2.39 bits per heavy atom. The summed E-state index contributed by atoms with van der Waals surface area (Å²) in [6.07, 6.45) is 8.87. The Hall–Kier alpha value is -0.820. The van der Waals surface area contributed by atoms with Crippen LogP contribution in [0.5, 0.6) is 0 Å². The number of hydrogen-bond acceptors (Lipinski definition) is 1. The van der Waals surface area contributed by atoms with Crippen LogP contribution in [0.15, 0.2) is 36.0 Å². The number of likely N-dealkylation sites (tertiary alicyclic amines) is 1. The minimum Gasteiger partial charge on any atom is -0.293 e. The summed E-state index contributed by atoms with van der Waals surface area (Å²) in [5, 5.41) is 0. The van der Waals surface area contributed by atoms with Crippen LogP contribution in [0.25, 0.3) is 0 Å². The molecule has 2 atom stereocenters. The Balaban J connectivity index is 2.08. The molecular weight excluding hydrogens is 218 g/mol. The molecule has 1 aliphatic heterocycles. The van der Waals surface area contributed by atoms with E-state index in [-0.39, 0.29) is 0 Å². The van der Waals surface area contributed by atoms with E-state index >= 15 is 0 Å². The minimum absolute atomic E-state index is 0.513. The maximum Gasteiger partial charge on any atom is 0.0515 e. The summed E-state index contributed by atoms with van der Waals surface area (Å²) in [6, 6.07) is 0.513. The largest absolute Gasteiger partial charge is 0.293 e. The number of allylic oxidation sites excluding steroid dienone is 2. The quantitative estimate of drug-likeness (QED) is 0.666. The van der Waals surface area contributed by atoms with Gasteiger partial charge in [0.2, 0.25) is 0 Å². The summed E-state index contributed by atoms with van der Waals surface area (Å²) in [6.45, 7) is 15.2. The fourth-order valence-electron chi connectivity index (χ4n) is 3.41. The van der Waals surface area contributed by atoms with Crippen LogP contribution in [0.2, 0.25) is 0 Å². The van der Waals surface area contributed by atoms with Crippen LogP contribution in [0.4, 0.5) is 0 Å². The first-order valence-corrected chi connectivity index (χ1v) is 7.33. The summed E-state index contributed by atoms with van der Waals surface area (Å²) in [5.41, 5.74) is 4.28. The summed E-state index contributed by atoms with van der Waals surface area (Å²) in [5.74, 6) is 0.707. The van der Waals surface area contributed by atoms with E-state index in [2.05, 4.69) is 38.0 Å². The Morgan fingerprint density at radius 2 is 1.94 bits per heavy atom. The van der Waals surface area contributed by atoms with E-state index in [0.29, 0.717) is 12.0 Å². The molecule has 0 aromatic heterocycles. The molecule has 0 aromatic carbocycles. The highest BCUT2D eigenvalue weighted by Crippen LogP contribution is 2.33. The standard InChI is InChI=1S/C17H27N/c1-13(2)15-7-9-16(10-8-15)17(14(3)4)18-11-5-6-12-18/h9,15,17H,1,3,5-8,10-12H2,2,4H3. The Labute approximate surface area is 112 Å². The van der Waals surface area contributed by atoms with Crippen LogP contribution in [-0.4, -0.2) is 24.0 Å². The molecule has 2 unspecified atom stereocenters. The van der Waals surface area contributed by atoms with Crippen molar-refractivity contribution >= 4 is 0 Å². The van der Waals surface area contributed by atoms with Gasteiger partial charge in [0.15, 0.2) is 0 Å². The van der Waals surface area contributed by atoms with Crippen LogP contribution in [0, 0.1) is 5.92 Å². The Kier molecular flexibility index (Phi) is 4.45. The first kappa shape index (κ1) is 13.6. The fraction of sp³-hybridized carbons (Fsp3) is 0.647. The van der Waals surface area contributed by atoms with E-state index in [1.54, 1.807) is 5.57 Å². The summed E-state index contributed by atoms with van der Waals surface area (Å²) < 4.78 is 0. The second kappa shape index (κ2) is 5.88. The lowest BCUT2D eigenvalue weighted by Crippen LogP contribution is -2.36. The van der Waals surface area contributed by atoms with E-state index in [1.165, 1.54) is 56.3 Å². The average molecular weight is 245 g/mol. The second-order valence-electron chi connectivity index (χ2n) is 6.09. The topological polar surface area (TPSA) is 3.24 Å². The zero-order valence-electron chi connectivity index (χ0n) is 12.0. The zero-order chi connectivity index (χ0) is 13.1. The van der Waals surface area contributed by atoms with Gasteiger partial charge < -0.3 is 0 Å². The summed E-state index contributed by atoms with van der Waals surface area (Å²) in [4.78, 5) is 2.62. The van der Waals surface area contributed by atoms with Crippen LogP contribution < -0.4 is 0 Å². The van der Waals surface area contributed by atoms with Gasteiger partial charge in [0.1, 0.15) is 0 Å². The SMILES string of the molecule is C=C(C)C1CC=C(C(C(=C)C)N2CCCC2)CC1. The predicted molar refractivity (Wildman–Crippen MR) is 79.6 cm³/mol. The highest BCUT2D eigenvalue weighted by Gasteiger charge is 2.27. The van der Waals surface area contributed by atoms with Crippen molar-refractivity contribution < 1.29 is 0 Å². The molecule has 18 heavy (non-hydrogen) atoms. The molecule has 1 saturated heterocycles. The molecule has 1 heterocycles. The molecule has 0 radical (unpaired) electrons. The van der Waals surface area contributed by atoms with Gasteiger partial charge in [0.25, 0.3) is 0 Å². The molecule has 100 valence electrons. The van der Waals surface area contributed by atoms with Gasteiger partial charge in [-0.2, -0.15) is 0 Å². The van der Waals surface area contributed by atoms with E-state index in [4.69, 9.17) is 0 Å². The highest BCUT2D eigenvalue weighted by atomic mass is 15.2. The van der Waals surface area contributed by atoms with Gasteiger partial charge >= 0.3 is 0 Å². The molecule has 0 spiro atoms. The lowest BCUT2D eigenvalue weighted by molar-refractivity contribution is 0.292. The van der Waals surface area contributed by atoms with Gasteiger partial charge in [-0.3, -0.25) is 4.90 Å².